The van der Waals surface area contributed by atoms with Gasteiger partial charge in [-0.1, -0.05) is 24.3 Å². The van der Waals surface area contributed by atoms with E-state index in [-0.39, 0.29) is 11.6 Å². The minimum atomic E-state index is -0.677. The molecule has 1 unspecified atom stereocenters. The van der Waals surface area contributed by atoms with E-state index in [1.807, 2.05) is 30.3 Å². The van der Waals surface area contributed by atoms with Crippen molar-refractivity contribution in [1.82, 2.24) is 15.2 Å². The Morgan fingerprint density at radius 3 is 2.96 bits per heavy atom. The van der Waals surface area contributed by atoms with E-state index >= 15 is 0 Å². The van der Waals surface area contributed by atoms with Crippen molar-refractivity contribution in [2.75, 3.05) is 11.9 Å². The van der Waals surface area contributed by atoms with Gasteiger partial charge in [-0.15, -0.1) is 28.1 Å². The number of thiazole rings is 1. The summed E-state index contributed by atoms with van der Waals surface area (Å²) in [6.45, 7) is 5.86. The van der Waals surface area contributed by atoms with Crippen LogP contribution in [-0.4, -0.2) is 27.7 Å². The Morgan fingerprint density at radius 1 is 1.40 bits per heavy atom. The zero-order valence-corrected chi connectivity index (χ0v) is 14.3. The first-order valence-corrected chi connectivity index (χ1v) is 8.45. The van der Waals surface area contributed by atoms with Gasteiger partial charge in [0.2, 0.25) is 5.89 Å². The Bertz CT molecular complexity index is 860. The van der Waals surface area contributed by atoms with Gasteiger partial charge in [-0.25, -0.2) is 9.78 Å². The molecule has 0 aliphatic heterocycles. The molecular weight excluding hydrogens is 340 g/mol. The van der Waals surface area contributed by atoms with E-state index in [4.69, 9.17) is 9.15 Å². The summed E-state index contributed by atoms with van der Waals surface area (Å²) in [5, 5.41) is 13.2. The zero-order valence-electron chi connectivity index (χ0n) is 13.5. The molecule has 0 fully saturated rings. The summed E-state index contributed by atoms with van der Waals surface area (Å²) in [6, 6.07) is 9.38. The summed E-state index contributed by atoms with van der Waals surface area (Å²) in [5.41, 5.74) is 1.03. The average Bonchev–Trinajstić information content (AvgIpc) is 3.30. The third-order valence-corrected chi connectivity index (χ3v) is 4.00. The number of esters is 1. The van der Waals surface area contributed by atoms with Crippen molar-refractivity contribution < 1.29 is 13.9 Å². The fourth-order valence-corrected chi connectivity index (χ4v) is 2.67. The van der Waals surface area contributed by atoms with Crippen LogP contribution in [0.4, 0.5) is 5.13 Å². The standard InChI is InChI=1S/C17H16N4O3S/c1-3-9-18-17-19-13(10-25-17)16(22)23-11(2)14-20-21-15(24-14)12-7-5-4-6-8-12/h3-8,10-11H,1,9H2,2H3,(H,18,19). The molecule has 1 aromatic carbocycles. The molecule has 0 spiro atoms. The maximum absolute atomic E-state index is 12.2. The molecule has 0 amide bonds. The van der Waals surface area contributed by atoms with Crippen molar-refractivity contribution in [2.24, 2.45) is 0 Å². The van der Waals surface area contributed by atoms with E-state index in [2.05, 4.69) is 27.1 Å². The molecule has 25 heavy (non-hydrogen) atoms. The van der Waals surface area contributed by atoms with Crippen LogP contribution in [0.5, 0.6) is 0 Å². The number of aromatic nitrogens is 3. The highest BCUT2D eigenvalue weighted by molar-refractivity contribution is 7.13. The van der Waals surface area contributed by atoms with Gasteiger partial charge in [0.25, 0.3) is 5.89 Å². The SMILES string of the molecule is C=CCNc1nc(C(=O)OC(C)c2nnc(-c3ccccc3)o2)cs1. The average molecular weight is 356 g/mol. The van der Waals surface area contributed by atoms with Crippen LogP contribution in [0, 0.1) is 0 Å². The van der Waals surface area contributed by atoms with E-state index < -0.39 is 12.1 Å². The zero-order chi connectivity index (χ0) is 17.6. The van der Waals surface area contributed by atoms with E-state index in [1.54, 1.807) is 18.4 Å². The lowest BCUT2D eigenvalue weighted by molar-refractivity contribution is 0.0274. The molecule has 2 heterocycles. The van der Waals surface area contributed by atoms with Crippen LogP contribution < -0.4 is 5.32 Å². The van der Waals surface area contributed by atoms with E-state index in [0.29, 0.717) is 17.6 Å². The van der Waals surface area contributed by atoms with Crippen LogP contribution >= 0.6 is 11.3 Å². The van der Waals surface area contributed by atoms with Gasteiger partial charge in [-0.2, -0.15) is 0 Å². The van der Waals surface area contributed by atoms with Gasteiger partial charge in [0.05, 0.1) is 0 Å². The molecule has 128 valence electrons. The van der Waals surface area contributed by atoms with Crippen molar-refractivity contribution in [2.45, 2.75) is 13.0 Å². The van der Waals surface area contributed by atoms with E-state index in [9.17, 15) is 4.79 Å². The highest BCUT2D eigenvalue weighted by atomic mass is 32.1. The lowest BCUT2D eigenvalue weighted by Crippen LogP contribution is -2.10. The summed E-state index contributed by atoms with van der Waals surface area (Å²) < 4.78 is 10.9. The molecule has 3 aromatic rings. The van der Waals surface area contributed by atoms with Crippen LogP contribution in [-0.2, 0) is 4.74 Å². The Balaban J connectivity index is 1.65. The van der Waals surface area contributed by atoms with Gasteiger partial charge in [0, 0.05) is 17.5 Å². The minimum absolute atomic E-state index is 0.228. The summed E-state index contributed by atoms with van der Waals surface area (Å²) in [6.07, 6.45) is 1.03. The lowest BCUT2D eigenvalue weighted by atomic mass is 10.2. The minimum Gasteiger partial charge on any atom is -0.448 e. The number of nitrogens with one attached hydrogen (secondary N) is 1. The third kappa shape index (κ3) is 4.10. The van der Waals surface area contributed by atoms with Crippen molar-refractivity contribution in [3.05, 3.63) is 60.0 Å². The number of hydrogen-bond acceptors (Lipinski definition) is 8. The second-order valence-corrected chi connectivity index (χ2v) is 5.92. The quantitative estimate of drug-likeness (QED) is 0.510. The van der Waals surface area contributed by atoms with Crippen molar-refractivity contribution in [3.8, 4) is 11.5 Å². The predicted octanol–water partition coefficient (Wildman–Crippen LogP) is 3.71. The molecule has 8 heteroatoms. The molecule has 2 aromatic heterocycles. The molecule has 0 aliphatic carbocycles. The molecule has 0 saturated heterocycles. The molecule has 7 nitrogen and oxygen atoms in total. The first-order chi connectivity index (χ1) is 12.2. The number of hydrogen-bond donors (Lipinski definition) is 1. The second-order valence-electron chi connectivity index (χ2n) is 5.07. The number of anilines is 1. The lowest BCUT2D eigenvalue weighted by Gasteiger charge is -2.07. The van der Waals surface area contributed by atoms with Gasteiger partial charge < -0.3 is 14.5 Å². The second kappa shape index (κ2) is 7.71. The highest BCUT2D eigenvalue weighted by Crippen LogP contribution is 2.23. The molecule has 0 bridgehead atoms. The Kier molecular flexibility index (Phi) is 5.20. The van der Waals surface area contributed by atoms with Gasteiger partial charge in [-0.3, -0.25) is 0 Å². The summed E-state index contributed by atoms with van der Waals surface area (Å²) >= 11 is 1.32. The van der Waals surface area contributed by atoms with E-state index in [0.717, 1.165) is 5.56 Å². The van der Waals surface area contributed by atoms with Crippen LogP contribution in [0.25, 0.3) is 11.5 Å². The van der Waals surface area contributed by atoms with Crippen LogP contribution in [0.3, 0.4) is 0 Å². The topological polar surface area (TPSA) is 90.1 Å². The predicted molar refractivity (Wildman–Crippen MR) is 94.4 cm³/mol. The maximum Gasteiger partial charge on any atom is 0.358 e. The van der Waals surface area contributed by atoms with Gasteiger partial charge in [-0.05, 0) is 19.1 Å². The molecule has 1 N–H and O–H groups in total. The Morgan fingerprint density at radius 2 is 2.20 bits per heavy atom. The van der Waals surface area contributed by atoms with Crippen LogP contribution in [0.1, 0.15) is 29.4 Å². The van der Waals surface area contributed by atoms with Crippen LogP contribution in [0.2, 0.25) is 0 Å². The molecule has 0 saturated carbocycles. The molecule has 3 rings (SSSR count). The number of nitrogens with zero attached hydrogens (tertiary/aromatic N) is 3. The van der Waals surface area contributed by atoms with Gasteiger partial charge in [0.15, 0.2) is 16.9 Å². The fourth-order valence-electron chi connectivity index (χ4n) is 1.98. The first kappa shape index (κ1) is 16.8. The Labute approximate surface area is 148 Å². The number of carbonyl (C=O) groups is 1. The highest BCUT2D eigenvalue weighted by Gasteiger charge is 2.21. The smallest absolute Gasteiger partial charge is 0.358 e. The van der Waals surface area contributed by atoms with E-state index in [1.165, 1.54) is 11.3 Å². The Hall–Kier alpha value is -3.00. The van der Waals surface area contributed by atoms with Gasteiger partial charge >= 0.3 is 5.97 Å². The monoisotopic (exact) mass is 356 g/mol. The number of carbonyl (C=O) groups excluding carboxylic acids is 1. The molecule has 1 atom stereocenters. The largest absolute Gasteiger partial charge is 0.448 e. The fraction of sp³-hybridized carbons (Fsp3) is 0.176. The maximum atomic E-state index is 12.2. The van der Waals surface area contributed by atoms with Crippen molar-refractivity contribution in [1.29, 1.82) is 0 Å². The van der Waals surface area contributed by atoms with Crippen molar-refractivity contribution >= 4 is 22.4 Å². The summed E-state index contributed by atoms with van der Waals surface area (Å²) in [4.78, 5) is 16.3. The third-order valence-electron chi connectivity index (χ3n) is 3.20. The van der Waals surface area contributed by atoms with Crippen molar-refractivity contribution in [3.63, 3.8) is 0 Å². The normalized spacial score (nSPS) is 11.7. The molecular formula is C17H16N4O3S. The first-order valence-electron chi connectivity index (χ1n) is 7.57. The number of ether oxygens (including phenoxy) is 1. The molecule has 0 radical (unpaired) electrons. The molecule has 0 aliphatic rings. The van der Waals surface area contributed by atoms with Crippen LogP contribution in [0.15, 0.2) is 52.8 Å². The summed E-state index contributed by atoms with van der Waals surface area (Å²) in [7, 11) is 0. The number of rotatable bonds is 7. The van der Waals surface area contributed by atoms with Gasteiger partial charge in [0.1, 0.15) is 0 Å². The summed E-state index contributed by atoms with van der Waals surface area (Å²) in [5.74, 6) is 0.0605. The number of benzene rings is 1.